The van der Waals surface area contributed by atoms with Crippen molar-refractivity contribution in [3.8, 4) is 11.5 Å². The van der Waals surface area contributed by atoms with Crippen molar-refractivity contribution in [1.29, 1.82) is 0 Å². The molecule has 4 nitrogen and oxygen atoms in total. The van der Waals surface area contributed by atoms with Crippen LogP contribution in [0.5, 0.6) is 11.5 Å². The van der Waals surface area contributed by atoms with E-state index in [9.17, 15) is 4.79 Å². The zero-order valence-electron chi connectivity index (χ0n) is 11.4. The zero-order valence-corrected chi connectivity index (χ0v) is 11.4. The van der Waals surface area contributed by atoms with Gasteiger partial charge < -0.3 is 14.8 Å². The van der Waals surface area contributed by atoms with Crippen LogP contribution in [0.25, 0.3) is 0 Å². The van der Waals surface area contributed by atoms with Crippen molar-refractivity contribution >= 4 is 5.91 Å². The Morgan fingerprint density at radius 2 is 1.95 bits per heavy atom. The molecule has 1 fully saturated rings. The lowest BCUT2D eigenvalue weighted by Gasteiger charge is -2.12. The highest BCUT2D eigenvalue weighted by molar-refractivity contribution is 5.77. The van der Waals surface area contributed by atoms with Gasteiger partial charge in [0.1, 0.15) is 0 Å². The minimum atomic E-state index is -0.0715. The van der Waals surface area contributed by atoms with Crippen molar-refractivity contribution in [2.24, 2.45) is 5.92 Å². The summed E-state index contributed by atoms with van der Waals surface area (Å²) in [5, 5.41) is 2.93. The molecule has 0 bridgehead atoms. The molecule has 0 saturated heterocycles. The first kappa shape index (κ1) is 13.7. The number of ether oxygens (including phenoxy) is 2. The van der Waals surface area contributed by atoms with Crippen LogP contribution in [0.3, 0.4) is 0 Å². The summed E-state index contributed by atoms with van der Waals surface area (Å²) in [4.78, 5) is 11.7. The zero-order chi connectivity index (χ0) is 13.5. The van der Waals surface area contributed by atoms with Crippen LogP contribution in [0.4, 0.5) is 0 Å². The number of hydrogen-bond acceptors (Lipinski definition) is 3. The third kappa shape index (κ3) is 4.16. The molecule has 2 rings (SSSR count). The van der Waals surface area contributed by atoms with Crippen LogP contribution in [0, 0.1) is 5.92 Å². The minimum Gasteiger partial charge on any atom is -0.493 e. The Hall–Kier alpha value is -1.71. The van der Waals surface area contributed by atoms with Gasteiger partial charge in [-0.05, 0) is 30.9 Å². The molecule has 0 atom stereocenters. The van der Waals surface area contributed by atoms with E-state index in [1.54, 1.807) is 13.2 Å². The van der Waals surface area contributed by atoms with Gasteiger partial charge in [-0.15, -0.1) is 0 Å². The summed E-state index contributed by atoms with van der Waals surface area (Å²) in [6.45, 7) is 0.807. The molecule has 1 aliphatic carbocycles. The first-order valence-electron chi connectivity index (χ1n) is 6.82. The predicted molar refractivity (Wildman–Crippen MR) is 73.5 cm³/mol. The largest absolute Gasteiger partial charge is 0.493 e. The molecule has 1 N–H and O–H groups in total. The third-order valence-electron chi connectivity index (χ3n) is 3.49. The van der Waals surface area contributed by atoms with Crippen molar-refractivity contribution in [2.75, 3.05) is 20.3 Å². The summed E-state index contributed by atoms with van der Waals surface area (Å²) in [6, 6.07) is 7.33. The minimum absolute atomic E-state index is 0.0348. The number of benzene rings is 1. The predicted octanol–water partition coefficient (Wildman–Crippen LogP) is 2.38. The summed E-state index contributed by atoms with van der Waals surface area (Å²) < 4.78 is 10.6. The lowest BCUT2D eigenvalue weighted by atomic mass is 10.1. The Bertz CT molecular complexity index is 414. The van der Waals surface area contributed by atoms with Crippen molar-refractivity contribution in [3.05, 3.63) is 24.3 Å². The maximum absolute atomic E-state index is 11.7. The van der Waals surface area contributed by atoms with Crippen LogP contribution < -0.4 is 14.8 Å². The highest BCUT2D eigenvalue weighted by Crippen LogP contribution is 2.25. The molecule has 1 aliphatic rings. The van der Waals surface area contributed by atoms with Crippen LogP contribution in [0.1, 0.15) is 25.7 Å². The van der Waals surface area contributed by atoms with Crippen LogP contribution in [0.15, 0.2) is 24.3 Å². The van der Waals surface area contributed by atoms with Gasteiger partial charge in [0.15, 0.2) is 18.1 Å². The van der Waals surface area contributed by atoms with Gasteiger partial charge in [0, 0.05) is 6.54 Å². The van der Waals surface area contributed by atoms with Gasteiger partial charge in [0.25, 0.3) is 5.91 Å². The molecule has 0 spiro atoms. The molecular formula is C15H21NO3. The summed E-state index contributed by atoms with van der Waals surface area (Å²) in [6.07, 6.45) is 5.04. The fraction of sp³-hybridized carbons (Fsp3) is 0.533. The Labute approximate surface area is 114 Å². The molecule has 4 heteroatoms. The van der Waals surface area contributed by atoms with Gasteiger partial charge in [-0.2, -0.15) is 0 Å². The monoisotopic (exact) mass is 263 g/mol. The van der Waals surface area contributed by atoms with E-state index in [0.29, 0.717) is 17.4 Å². The number of rotatable bonds is 6. The van der Waals surface area contributed by atoms with Crippen molar-refractivity contribution in [2.45, 2.75) is 25.7 Å². The van der Waals surface area contributed by atoms with E-state index < -0.39 is 0 Å². The molecule has 0 heterocycles. The van der Waals surface area contributed by atoms with Crippen molar-refractivity contribution in [3.63, 3.8) is 0 Å². The second kappa shape index (κ2) is 7.02. The second-order valence-electron chi connectivity index (χ2n) is 4.89. The van der Waals surface area contributed by atoms with Crippen molar-refractivity contribution < 1.29 is 14.3 Å². The molecule has 0 unspecified atom stereocenters. The molecule has 1 aromatic carbocycles. The quantitative estimate of drug-likeness (QED) is 0.857. The Morgan fingerprint density at radius 1 is 1.26 bits per heavy atom. The van der Waals surface area contributed by atoms with E-state index in [-0.39, 0.29) is 12.5 Å². The topological polar surface area (TPSA) is 47.6 Å². The standard InChI is InChI=1S/C15H21NO3/c1-18-13-8-4-5-9-14(13)19-11-15(17)16-10-12-6-2-3-7-12/h4-5,8-9,12H,2-3,6-7,10-11H2,1H3,(H,16,17). The first-order chi connectivity index (χ1) is 9.29. The molecule has 0 aliphatic heterocycles. The summed E-state index contributed by atoms with van der Waals surface area (Å²) in [5.41, 5.74) is 0. The fourth-order valence-corrected chi connectivity index (χ4v) is 2.41. The lowest BCUT2D eigenvalue weighted by molar-refractivity contribution is -0.123. The Kier molecular flexibility index (Phi) is 5.07. The average Bonchev–Trinajstić information content (AvgIpc) is 2.96. The van der Waals surface area contributed by atoms with Gasteiger partial charge in [-0.1, -0.05) is 25.0 Å². The van der Waals surface area contributed by atoms with Crippen molar-refractivity contribution in [1.82, 2.24) is 5.32 Å². The maximum atomic E-state index is 11.7. The molecule has 104 valence electrons. The van der Waals surface area contributed by atoms with E-state index in [4.69, 9.17) is 9.47 Å². The summed E-state index contributed by atoms with van der Waals surface area (Å²) in [7, 11) is 1.59. The maximum Gasteiger partial charge on any atom is 0.257 e. The van der Waals surface area contributed by atoms with E-state index in [0.717, 1.165) is 6.54 Å². The molecule has 1 aromatic rings. The molecule has 0 radical (unpaired) electrons. The smallest absolute Gasteiger partial charge is 0.257 e. The van der Waals surface area contributed by atoms with Gasteiger partial charge in [0.2, 0.25) is 0 Å². The van der Waals surface area contributed by atoms with Gasteiger partial charge >= 0.3 is 0 Å². The van der Waals surface area contributed by atoms with E-state index in [2.05, 4.69) is 5.32 Å². The van der Waals surface area contributed by atoms with E-state index in [1.807, 2.05) is 18.2 Å². The van der Waals surface area contributed by atoms with Crippen LogP contribution in [0.2, 0.25) is 0 Å². The number of hydrogen-bond donors (Lipinski definition) is 1. The first-order valence-corrected chi connectivity index (χ1v) is 6.82. The SMILES string of the molecule is COc1ccccc1OCC(=O)NCC1CCCC1. The fourth-order valence-electron chi connectivity index (χ4n) is 2.41. The lowest BCUT2D eigenvalue weighted by Crippen LogP contribution is -2.32. The summed E-state index contributed by atoms with van der Waals surface area (Å²) in [5.74, 6) is 1.82. The van der Waals surface area contributed by atoms with Gasteiger partial charge in [0.05, 0.1) is 7.11 Å². The normalized spacial score (nSPS) is 15.2. The van der Waals surface area contributed by atoms with Crippen LogP contribution >= 0.6 is 0 Å². The molecule has 1 amide bonds. The van der Waals surface area contributed by atoms with Gasteiger partial charge in [-0.3, -0.25) is 4.79 Å². The number of para-hydroxylation sites is 2. The third-order valence-corrected chi connectivity index (χ3v) is 3.49. The molecule has 1 saturated carbocycles. The van der Waals surface area contributed by atoms with E-state index >= 15 is 0 Å². The van der Waals surface area contributed by atoms with Gasteiger partial charge in [-0.25, -0.2) is 0 Å². The number of carbonyl (C=O) groups excluding carboxylic acids is 1. The Morgan fingerprint density at radius 3 is 2.63 bits per heavy atom. The van der Waals surface area contributed by atoms with Crippen LogP contribution in [-0.2, 0) is 4.79 Å². The number of methoxy groups -OCH3 is 1. The highest BCUT2D eigenvalue weighted by Gasteiger charge is 2.15. The average molecular weight is 263 g/mol. The summed E-state index contributed by atoms with van der Waals surface area (Å²) >= 11 is 0. The number of nitrogens with one attached hydrogen (secondary N) is 1. The number of amides is 1. The molecule has 19 heavy (non-hydrogen) atoms. The van der Waals surface area contributed by atoms with Crippen LogP contribution in [-0.4, -0.2) is 26.2 Å². The molecular weight excluding hydrogens is 242 g/mol. The van der Waals surface area contributed by atoms with E-state index in [1.165, 1.54) is 25.7 Å². The molecule has 0 aromatic heterocycles. The number of carbonyl (C=O) groups is 1. The highest BCUT2D eigenvalue weighted by atomic mass is 16.5. The Balaban J connectivity index is 1.73. The second-order valence-corrected chi connectivity index (χ2v) is 4.89.